The quantitative estimate of drug-likeness (QED) is 0.559. The molecule has 0 aliphatic rings. The number of nitrogens with zero attached hydrogens (tertiary/aromatic N) is 2. The van der Waals surface area contributed by atoms with Gasteiger partial charge >= 0.3 is 0 Å². The van der Waals surface area contributed by atoms with Gasteiger partial charge in [-0.25, -0.2) is 4.98 Å². The first kappa shape index (κ1) is 9.68. The zero-order valence-electron chi connectivity index (χ0n) is 25.8. The number of ether oxygens (including phenoxy) is 3. The van der Waals surface area contributed by atoms with Gasteiger partial charge in [0.15, 0.2) is 11.5 Å². The maximum Gasteiger partial charge on any atom is 0.222 e. The van der Waals surface area contributed by atoms with Gasteiger partial charge in [-0.3, -0.25) is 0 Å². The zero-order valence-corrected chi connectivity index (χ0v) is 14.8. The molecule has 8 heteroatoms. The predicted octanol–water partition coefficient (Wildman–Crippen LogP) is 3.13. The molecule has 0 amide bonds. The lowest BCUT2D eigenvalue weighted by molar-refractivity contribution is 0.297. The van der Waals surface area contributed by atoms with Crippen LogP contribution in [0.25, 0.3) is 10.9 Å². The molecule has 1 aromatic heterocycles. The Morgan fingerprint density at radius 3 is 2.71 bits per heavy atom. The van der Waals surface area contributed by atoms with E-state index in [0.717, 1.165) is 19.1 Å². The van der Waals surface area contributed by atoms with E-state index >= 15 is 0 Å². The summed E-state index contributed by atoms with van der Waals surface area (Å²) in [6, 6.07) is 5.24. The molecule has 2 aromatic carbocycles. The van der Waals surface area contributed by atoms with Gasteiger partial charge in [0.05, 0.1) is 37.1 Å². The first-order valence-corrected chi connectivity index (χ1v) is 7.97. The van der Waals surface area contributed by atoms with E-state index < -0.39 is 44.7 Å². The standard InChI is InChI=1S/C20H25N5O3/c1-5-28-16-9-13(8-15(26-3)18(16)27-4)23-10-12-6-7-14-17(11(12)2)19(21)25-20(22)24-14/h6-9,23H,5,10H2,1-4H3,(H4,21,22,24,25)/i2D3,3D3,4D3,5D2. The molecule has 148 valence electrons. The third-order valence-corrected chi connectivity index (χ3v) is 3.92. The summed E-state index contributed by atoms with van der Waals surface area (Å²) in [5.41, 5.74) is 12.0. The molecular weight excluding hydrogens is 358 g/mol. The molecule has 0 bridgehead atoms. The largest absolute Gasteiger partial charge is 0.493 e. The Kier molecular flexibility index (Phi) is 2.79. The summed E-state index contributed by atoms with van der Waals surface area (Å²) >= 11 is 0. The summed E-state index contributed by atoms with van der Waals surface area (Å²) < 4.78 is 99.3. The van der Waals surface area contributed by atoms with Crippen LogP contribution < -0.4 is 31.0 Å². The summed E-state index contributed by atoms with van der Waals surface area (Å²) in [7, 11) is -6.11. The molecule has 0 saturated carbocycles. The Balaban J connectivity index is 2.13. The summed E-state index contributed by atoms with van der Waals surface area (Å²) in [6.45, 7) is -4.12. The van der Waals surface area contributed by atoms with Crippen LogP contribution in [0.1, 0.15) is 33.1 Å². The minimum atomic E-state index is -3.06. The molecule has 0 spiro atoms. The van der Waals surface area contributed by atoms with Gasteiger partial charge in [0.1, 0.15) is 5.82 Å². The van der Waals surface area contributed by atoms with Crippen LogP contribution in [-0.2, 0) is 6.54 Å². The number of aromatic nitrogens is 2. The first-order valence-electron chi connectivity index (χ1n) is 13.5. The molecule has 3 rings (SSSR count). The van der Waals surface area contributed by atoms with Crippen molar-refractivity contribution in [1.29, 1.82) is 0 Å². The van der Waals surface area contributed by atoms with E-state index in [9.17, 15) is 0 Å². The molecule has 28 heavy (non-hydrogen) atoms. The molecular formula is C20H25N5O3. The lowest BCUT2D eigenvalue weighted by atomic mass is 10.0. The van der Waals surface area contributed by atoms with Crippen LogP contribution in [0.4, 0.5) is 17.5 Å². The summed E-state index contributed by atoms with van der Waals surface area (Å²) in [5.74, 6) is -2.00. The number of benzene rings is 2. The van der Waals surface area contributed by atoms with Crippen LogP contribution >= 0.6 is 0 Å². The molecule has 0 unspecified atom stereocenters. The van der Waals surface area contributed by atoms with Crippen LogP contribution in [0.3, 0.4) is 0 Å². The van der Waals surface area contributed by atoms with Gasteiger partial charge in [0.2, 0.25) is 11.7 Å². The highest BCUT2D eigenvalue weighted by Crippen LogP contribution is 2.40. The fourth-order valence-electron chi connectivity index (χ4n) is 2.70. The van der Waals surface area contributed by atoms with Crippen LogP contribution in [0.2, 0.25) is 0 Å². The molecule has 3 aromatic rings. The highest BCUT2D eigenvalue weighted by atomic mass is 16.5. The van der Waals surface area contributed by atoms with E-state index in [0.29, 0.717) is 0 Å². The van der Waals surface area contributed by atoms with E-state index in [4.69, 9.17) is 40.8 Å². The Bertz CT molecular complexity index is 1330. The molecule has 1 heterocycles. The van der Waals surface area contributed by atoms with Gasteiger partial charge in [0.25, 0.3) is 0 Å². The van der Waals surface area contributed by atoms with Crippen molar-refractivity contribution in [2.75, 3.05) is 37.4 Å². The lowest BCUT2D eigenvalue weighted by Crippen LogP contribution is -2.06. The lowest BCUT2D eigenvalue weighted by Gasteiger charge is -2.17. The number of nitrogens with two attached hydrogens (primary N) is 2. The molecule has 0 fully saturated rings. The normalized spacial score (nSPS) is 18.4. The second kappa shape index (κ2) is 8.08. The third kappa shape index (κ3) is 3.66. The number of fused-ring (bicyclic) bond motifs is 1. The predicted molar refractivity (Wildman–Crippen MR) is 111 cm³/mol. The maximum absolute atomic E-state index is 8.06. The Hall–Kier alpha value is -3.42. The maximum atomic E-state index is 8.06. The van der Waals surface area contributed by atoms with E-state index in [1.807, 2.05) is 0 Å². The highest BCUT2D eigenvalue weighted by molar-refractivity contribution is 5.92. The highest BCUT2D eigenvalue weighted by Gasteiger charge is 2.14. The Labute approximate surface area is 179 Å². The molecule has 0 radical (unpaired) electrons. The Morgan fingerprint density at radius 1 is 1.14 bits per heavy atom. The van der Waals surface area contributed by atoms with E-state index in [-0.39, 0.29) is 46.0 Å². The fourth-order valence-corrected chi connectivity index (χ4v) is 2.70. The number of hydrogen-bond acceptors (Lipinski definition) is 8. The number of anilines is 3. The Morgan fingerprint density at radius 2 is 1.96 bits per heavy atom. The van der Waals surface area contributed by atoms with Crippen molar-refractivity contribution in [3.05, 3.63) is 35.4 Å². The van der Waals surface area contributed by atoms with E-state index in [2.05, 4.69) is 15.3 Å². The van der Waals surface area contributed by atoms with Crippen molar-refractivity contribution in [1.82, 2.24) is 9.97 Å². The van der Waals surface area contributed by atoms with Crippen molar-refractivity contribution >= 4 is 28.4 Å². The summed E-state index contributed by atoms with van der Waals surface area (Å²) in [4.78, 5) is 7.89. The van der Waals surface area contributed by atoms with Gasteiger partial charge in [-0.05, 0) is 31.0 Å². The fraction of sp³-hybridized carbons (Fsp3) is 0.300. The summed E-state index contributed by atoms with van der Waals surface area (Å²) in [6.07, 6.45) is 0. The molecule has 8 nitrogen and oxygen atoms in total. The van der Waals surface area contributed by atoms with Gasteiger partial charge in [-0.2, -0.15) is 4.98 Å². The number of nitrogens with one attached hydrogen (secondary N) is 1. The number of methoxy groups -OCH3 is 2. The van der Waals surface area contributed by atoms with Crippen molar-refractivity contribution in [3.8, 4) is 17.2 Å². The second-order valence-corrected chi connectivity index (χ2v) is 5.63. The van der Waals surface area contributed by atoms with Crippen LogP contribution in [0.5, 0.6) is 17.2 Å². The van der Waals surface area contributed by atoms with Crippen molar-refractivity contribution in [2.45, 2.75) is 20.3 Å². The number of hydrogen-bond donors (Lipinski definition) is 3. The van der Waals surface area contributed by atoms with Gasteiger partial charge in [0, 0.05) is 33.9 Å². The first-order chi connectivity index (χ1) is 17.6. The van der Waals surface area contributed by atoms with Crippen molar-refractivity contribution < 1.29 is 29.3 Å². The topological polar surface area (TPSA) is 118 Å². The molecule has 5 N–H and O–H groups in total. The molecule has 0 aliphatic carbocycles. The van der Waals surface area contributed by atoms with Gasteiger partial charge in [-0.15, -0.1) is 0 Å². The van der Waals surface area contributed by atoms with E-state index in [1.54, 1.807) is 0 Å². The molecule has 0 atom stereocenters. The zero-order chi connectivity index (χ0) is 29.6. The molecule has 0 saturated heterocycles. The van der Waals surface area contributed by atoms with Crippen LogP contribution in [-0.4, -0.2) is 30.6 Å². The summed E-state index contributed by atoms with van der Waals surface area (Å²) in [5, 5.41) is 2.98. The third-order valence-electron chi connectivity index (χ3n) is 3.92. The minimum Gasteiger partial charge on any atom is -0.493 e. The van der Waals surface area contributed by atoms with Crippen molar-refractivity contribution in [2.24, 2.45) is 0 Å². The van der Waals surface area contributed by atoms with Gasteiger partial charge < -0.3 is 31.0 Å². The van der Waals surface area contributed by atoms with Crippen LogP contribution in [0.15, 0.2) is 24.3 Å². The van der Waals surface area contributed by atoms with E-state index in [1.165, 1.54) is 12.1 Å². The number of aryl methyl sites for hydroxylation is 1. The van der Waals surface area contributed by atoms with Gasteiger partial charge in [-0.1, -0.05) is 6.07 Å². The number of rotatable bonds is 7. The van der Waals surface area contributed by atoms with Crippen molar-refractivity contribution in [3.63, 3.8) is 0 Å². The van der Waals surface area contributed by atoms with Crippen LogP contribution in [0, 0.1) is 6.85 Å². The smallest absolute Gasteiger partial charge is 0.222 e. The molecule has 0 aliphatic heterocycles. The SMILES string of the molecule is [2H]C([2H])([2H])Oc1cc(NCc2ccc3nc(N)nc(N)c3c2C([2H])([2H])[2H])cc(OC([2H])([2H])C)c1OC([2H])([2H])[2H]. The number of nitrogen functional groups attached to an aromatic ring is 2. The second-order valence-electron chi connectivity index (χ2n) is 5.63. The minimum absolute atomic E-state index is 0.0597. The average molecular weight is 395 g/mol. The average Bonchev–Trinajstić information content (AvgIpc) is 2.70. The monoisotopic (exact) mass is 394 g/mol.